The van der Waals surface area contributed by atoms with E-state index in [4.69, 9.17) is 0 Å². The molecular weight excluding hydrogens is 408 g/mol. The molecule has 0 bridgehead atoms. The third-order valence-electron chi connectivity index (χ3n) is 6.33. The minimum atomic E-state index is -0.338. The van der Waals surface area contributed by atoms with Crippen molar-refractivity contribution in [2.24, 2.45) is 0 Å². The van der Waals surface area contributed by atoms with Crippen LogP contribution in [0.2, 0.25) is 0 Å². The van der Waals surface area contributed by atoms with E-state index in [0.29, 0.717) is 22.9 Å². The Labute approximate surface area is 195 Å². The Balaban J connectivity index is 1.83. The van der Waals surface area contributed by atoms with Crippen LogP contribution in [0.4, 0.5) is 11.4 Å². The number of nitrogens with one attached hydrogen (secondary N) is 1. The molecule has 168 valence electrons. The van der Waals surface area contributed by atoms with Crippen LogP contribution in [-0.4, -0.2) is 11.8 Å². The molecule has 4 rings (SSSR count). The van der Waals surface area contributed by atoms with Crippen LogP contribution < -0.4 is 10.2 Å². The summed E-state index contributed by atoms with van der Waals surface area (Å²) >= 11 is 0. The van der Waals surface area contributed by atoms with Crippen molar-refractivity contribution in [3.8, 4) is 0 Å². The Hall–Kier alpha value is -3.66. The largest absolute Gasteiger partial charge is 0.350 e. The third-order valence-corrected chi connectivity index (χ3v) is 6.33. The predicted octanol–water partition coefficient (Wildman–Crippen LogP) is 6.44. The minimum absolute atomic E-state index is 0.307. The van der Waals surface area contributed by atoms with Crippen molar-refractivity contribution in [3.05, 3.63) is 99.7 Å². The second kappa shape index (κ2) is 8.70. The molecule has 0 atom stereocenters. The van der Waals surface area contributed by atoms with Crippen molar-refractivity contribution >= 4 is 28.8 Å². The van der Waals surface area contributed by atoms with Crippen LogP contribution in [-0.2, 0) is 9.59 Å². The maximum absolute atomic E-state index is 13.7. The van der Waals surface area contributed by atoms with Gasteiger partial charge in [-0.1, -0.05) is 56.3 Å². The molecule has 1 N–H and O–H groups in total. The molecule has 0 unspecified atom stereocenters. The number of carbonyl (C=O) groups is 2. The summed E-state index contributed by atoms with van der Waals surface area (Å²) in [6.45, 7) is 12.2. The number of hydrogen-bond donors (Lipinski definition) is 1. The predicted molar refractivity (Wildman–Crippen MR) is 135 cm³/mol. The van der Waals surface area contributed by atoms with E-state index in [1.807, 2.05) is 88.4 Å². The van der Waals surface area contributed by atoms with Crippen LogP contribution in [0.5, 0.6) is 0 Å². The number of anilines is 2. The van der Waals surface area contributed by atoms with E-state index in [0.717, 1.165) is 33.5 Å². The SMILES string of the molecule is Cc1ccc(C)c(N2C(=O)C(Nc3ccc(C(C)C)cc3)=C(c3ccc(C)c(C)c3)C2=O)c1. The fourth-order valence-electron chi connectivity index (χ4n) is 4.09. The van der Waals surface area contributed by atoms with Gasteiger partial charge in [-0.25, -0.2) is 4.90 Å². The van der Waals surface area contributed by atoms with E-state index >= 15 is 0 Å². The van der Waals surface area contributed by atoms with E-state index < -0.39 is 0 Å². The molecule has 0 saturated carbocycles. The van der Waals surface area contributed by atoms with Gasteiger partial charge < -0.3 is 5.32 Å². The molecule has 33 heavy (non-hydrogen) atoms. The molecule has 1 aliphatic heterocycles. The van der Waals surface area contributed by atoms with Gasteiger partial charge in [0.2, 0.25) is 0 Å². The zero-order valence-electron chi connectivity index (χ0n) is 20.1. The molecule has 3 aromatic carbocycles. The average molecular weight is 439 g/mol. The molecule has 3 aromatic rings. The van der Waals surface area contributed by atoms with Crippen molar-refractivity contribution in [3.63, 3.8) is 0 Å². The monoisotopic (exact) mass is 438 g/mol. The summed E-state index contributed by atoms with van der Waals surface area (Å²) in [5.41, 5.74) is 8.16. The first-order valence-corrected chi connectivity index (χ1v) is 11.3. The van der Waals surface area contributed by atoms with Crippen LogP contribution >= 0.6 is 0 Å². The Bertz CT molecular complexity index is 1280. The lowest BCUT2D eigenvalue weighted by molar-refractivity contribution is -0.120. The summed E-state index contributed by atoms with van der Waals surface area (Å²) in [6.07, 6.45) is 0. The highest BCUT2D eigenvalue weighted by Crippen LogP contribution is 2.36. The number of hydrogen-bond acceptors (Lipinski definition) is 3. The normalized spacial score (nSPS) is 14.0. The Kier molecular flexibility index (Phi) is 5.94. The second-order valence-corrected chi connectivity index (χ2v) is 9.19. The molecule has 0 spiro atoms. The summed E-state index contributed by atoms with van der Waals surface area (Å²) < 4.78 is 0. The highest BCUT2D eigenvalue weighted by molar-refractivity contribution is 6.46. The molecule has 4 nitrogen and oxygen atoms in total. The Morgan fingerprint density at radius 1 is 0.727 bits per heavy atom. The topological polar surface area (TPSA) is 49.4 Å². The molecule has 2 amide bonds. The summed E-state index contributed by atoms with van der Waals surface area (Å²) in [5, 5.41) is 3.27. The maximum atomic E-state index is 13.7. The number of rotatable bonds is 5. The van der Waals surface area contributed by atoms with Crippen molar-refractivity contribution in [2.75, 3.05) is 10.2 Å². The first kappa shape index (κ1) is 22.5. The van der Waals surface area contributed by atoms with Crippen LogP contribution in [0.3, 0.4) is 0 Å². The molecule has 0 saturated heterocycles. The Morgan fingerprint density at radius 3 is 2.03 bits per heavy atom. The van der Waals surface area contributed by atoms with E-state index in [-0.39, 0.29) is 11.8 Å². The van der Waals surface area contributed by atoms with E-state index in [1.54, 1.807) is 0 Å². The van der Waals surface area contributed by atoms with Crippen molar-refractivity contribution in [1.29, 1.82) is 0 Å². The zero-order chi connectivity index (χ0) is 23.9. The van der Waals surface area contributed by atoms with Gasteiger partial charge in [-0.15, -0.1) is 0 Å². The first-order valence-electron chi connectivity index (χ1n) is 11.3. The summed E-state index contributed by atoms with van der Waals surface area (Å²) in [5.74, 6) is -0.230. The molecule has 0 aliphatic carbocycles. The van der Waals surface area contributed by atoms with Gasteiger partial charge in [0.15, 0.2) is 0 Å². The minimum Gasteiger partial charge on any atom is -0.350 e. The van der Waals surface area contributed by atoms with Gasteiger partial charge in [0.1, 0.15) is 5.70 Å². The zero-order valence-corrected chi connectivity index (χ0v) is 20.1. The number of aryl methyl sites for hydroxylation is 4. The van der Waals surface area contributed by atoms with Gasteiger partial charge in [0.05, 0.1) is 11.3 Å². The lowest BCUT2D eigenvalue weighted by Gasteiger charge is -2.18. The lowest BCUT2D eigenvalue weighted by atomic mass is 9.99. The fraction of sp³-hybridized carbons (Fsp3) is 0.241. The highest BCUT2D eigenvalue weighted by Gasteiger charge is 2.41. The fourth-order valence-corrected chi connectivity index (χ4v) is 4.09. The van der Waals surface area contributed by atoms with Crippen molar-refractivity contribution in [1.82, 2.24) is 0 Å². The van der Waals surface area contributed by atoms with Crippen LogP contribution in [0, 0.1) is 27.7 Å². The molecule has 4 heteroatoms. The smallest absolute Gasteiger partial charge is 0.282 e. The van der Waals surface area contributed by atoms with E-state index in [1.165, 1.54) is 10.5 Å². The van der Waals surface area contributed by atoms with Crippen LogP contribution in [0.15, 0.2) is 66.4 Å². The molecule has 1 aliphatic rings. The van der Waals surface area contributed by atoms with Crippen LogP contribution in [0.25, 0.3) is 5.57 Å². The van der Waals surface area contributed by atoms with Crippen molar-refractivity contribution < 1.29 is 9.59 Å². The first-order chi connectivity index (χ1) is 15.7. The third kappa shape index (κ3) is 4.21. The van der Waals surface area contributed by atoms with Gasteiger partial charge in [-0.2, -0.15) is 0 Å². The van der Waals surface area contributed by atoms with Gasteiger partial charge in [0, 0.05) is 5.69 Å². The highest BCUT2D eigenvalue weighted by atomic mass is 16.2. The van der Waals surface area contributed by atoms with Gasteiger partial charge in [-0.3, -0.25) is 9.59 Å². The second-order valence-electron chi connectivity index (χ2n) is 9.19. The molecular formula is C29H30N2O2. The molecule has 0 aromatic heterocycles. The Morgan fingerprint density at radius 2 is 1.39 bits per heavy atom. The number of imide groups is 1. The number of amides is 2. The summed E-state index contributed by atoms with van der Waals surface area (Å²) in [6, 6.07) is 19.7. The van der Waals surface area contributed by atoms with Gasteiger partial charge in [0.25, 0.3) is 11.8 Å². The van der Waals surface area contributed by atoms with Gasteiger partial charge in [-0.05, 0) is 85.2 Å². The average Bonchev–Trinajstić information content (AvgIpc) is 3.01. The number of carbonyl (C=O) groups excluding carboxylic acids is 2. The van der Waals surface area contributed by atoms with E-state index in [9.17, 15) is 9.59 Å². The van der Waals surface area contributed by atoms with Gasteiger partial charge >= 0.3 is 0 Å². The quantitative estimate of drug-likeness (QED) is 0.466. The number of benzene rings is 3. The maximum Gasteiger partial charge on any atom is 0.282 e. The lowest BCUT2D eigenvalue weighted by Crippen LogP contribution is -2.33. The van der Waals surface area contributed by atoms with Crippen molar-refractivity contribution in [2.45, 2.75) is 47.5 Å². The molecule has 0 radical (unpaired) electrons. The summed E-state index contributed by atoms with van der Waals surface area (Å²) in [4.78, 5) is 28.7. The molecule has 1 heterocycles. The van der Waals surface area contributed by atoms with E-state index in [2.05, 4.69) is 19.2 Å². The van der Waals surface area contributed by atoms with Crippen LogP contribution in [0.1, 0.15) is 53.1 Å². The summed E-state index contributed by atoms with van der Waals surface area (Å²) in [7, 11) is 0. The molecule has 0 fully saturated rings. The standard InChI is InChI=1S/C29H30N2O2/c1-17(2)22-11-13-24(14-12-22)30-27-26(23-10-9-19(4)21(6)16-23)28(32)31(29(27)33)25-15-18(3)7-8-20(25)5/h7-17,30H,1-6H3. The number of nitrogens with zero attached hydrogens (tertiary/aromatic N) is 1.